The molecule has 2 N–H and O–H groups in total. The van der Waals surface area contributed by atoms with E-state index in [1.54, 1.807) is 0 Å². The van der Waals surface area contributed by atoms with Crippen molar-refractivity contribution < 1.29 is 19.8 Å². The Balaban J connectivity index is 3.68. The molecule has 0 aromatic rings. The summed E-state index contributed by atoms with van der Waals surface area (Å²) in [5.41, 5.74) is 0.230. The summed E-state index contributed by atoms with van der Waals surface area (Å²) in [6, 6.07) is 0. The Kier molecular flexibility index (Phi) is 10.9. The van der Waals surface area contributed by atoms with Crippen molar-refractivity contribution in [3.8, 4) is 0 Å². The zero-order valence-electron chi connectivity index (χ0n) is 11.9. The van der Waals surface area contributed by atoms with Gasteiger partial charge in [0.05, 0.1) is 6.42 Å². The van der Waals surface area contributed by atoms with Crippen LogP contribution >= 0.6 is 0 Å². The minimum absolute atomic E-state index is 0.210. The Morgan fingerprint density at radius 2 is 1.42 bits per heavy atom. The summed E-state index contributed by atoms with van der Waals surface area (Å²) in [5, 5.41) is 17.4. The monoisotopic (exact) mass is 270 g/mol. The number of hydrogen-bond donors (Lipinski definition) is 2. The van der Waals surface area contributed by atoms with Crippen LogP contribution in [0, 0.1) is 0 Å². The van der Waals surface area contributed by atoms with Crippen LogP contribution in [0.4, 0.5) is 0 Å². The first-order valence-electron chi connectivity index (χ1n) is 7.22. The molecule has 0 bridgehead atoms. The third kappa shape index (κ3) is 11.5. The van der Waals surface area contributed by atoms with E-state index >= 15 is 0 Å². The average Bonchev–Trinajstić information content (AvgIpc) is 2.35. The lowest BCUT2D eigenvalue weighted by atomic mass is 10.0. The molecule has 0 aliphatic carbocycles. The van der Waals surface area contributed by atoms with E-state index in [1.165, 1.54) is 38.2 Å². The van der Waals surface area contributed by atoms with Gasteiger partial charge < -0.3 is 10.2 Å². The fraction of sp³-hybridized carbons (Fsp3) is 0.733. The second kappa shape index (κ2) is 11.8. The molecule has 0 aromatic carbocycles. The quantitative estimate of drug-likeness (QED) is 0.415. The van der Waals surface area contributed by atoms with Crippen molar-refractivity contribution in [1.82, 2.24) is 0 Å². The number of hydrogen-bond acceptors (Lipinski definition) is 2. The van der Waals surface area contributed by atoms with Gasteiger partial charge in [0.1, 0.15) is 0 Å². The molecule has 0 aromatic heterocycles. The lowest BCUT2D eigenvalue weighted by Crippen LogP contribution is -2.02. The molecule has 4 heteroatoms. The lowest BCUT2D eigenvalue weighted by molar-refractivity contribution is -0.136. The zero-order chi connectivity index (χ0) is 14.5. The Bertz CT molecular complexity index is 295. The highest BCUT2D eigenvalue weighted by molar-refractivity contribution is 5.87. The van der Waals surface area contributed by atoms with Gasteiger partial charge in [-0.3, -0.25) is 4.79 Å². The van der Waals surface area contributed by atoms with Crippen LogP contribution in [0.15, 0.2) is 11.6 Å². The van der Waals surface area contributed by atoms with Crippen LogP contribution in [0.1, 0.15) is 71.1 Å². The highest BCUT2D eigenvalue weighted by Crippen LogP contribution is 2.13. The predicted molar refractivity (Wildman–Crippen MR) is 75.2 cm³/mol. The van der Waals surface area contributed by atoms with Gasteiger partial charge in [-0.25, -0.2) is 4.79 Å². The van der Waals surface area contributed by atoms with Crippen molar-refractivity contribution >= 4 is 11.9 Å². The van der Waals surface area contributed by atoms with Crippen molar-refractivity contribution in [3.05, 3.63) is 11.6 Å². The molecule has 0 saturated heterocycles. The molecule has 19 heavy (non-hydrogen) atoms. The van der Waals surface area contributed by atoms with Crippen molar-refractivity contribution in [2.75, 3.05) is 0 Å². The molecule has 4 nitrogen and oxygen atoms in total. The highest BCUT2D eigenvalue weighted by atomic mass is 16.4. The maximum atomic E-state index is 10.9. The maximum absolute atomic E-state index is 10.9. The zero-order valence-corrected chi connectivity index (χ0v) is 11.9. The molecule has 110 valence electrons. The van der Waals surface area contributed by atoms with Crippen LogP contribution in [0.25, 0.3) is 0 Å². The summed E-state index contributed by atoms with van der Waals surface area (Å²) in [5.74, 6) is -1.99. The summed E-state index contributed by atoms with van der Waals surface area (Å²) < 4.78 is 0. The Morgan fingerprint density at radius 3 is 1.89 bits per heavy atom. The second-order valence-electron chi connectivity index (χ2n) is 4.86. The standard InChI is InChI=1S/C15H26O4/c1-2-3-4-5-6-7-8-9-10-13(15(18)19)11-12-14(16)17/h11H,2-10,12H2,1H3,(H,16,17)(H,18,19)/b13-11-. The highest BCUT2D eigenvalue weighted by Gasteiger charge is 2.07. The summed E-state index contributed by atoms with van der Waals surface area (Å²) in [4.78, 5) is 21.3. The van der Waals surface area contributed by atoms with Crippen LogP contribution < -0.4 is 0 Å². The van der Waals surface area contributed by atoms with Crippen molar-refractivity contribution in [3.63, 3.8) is 0 Å². The van der Waals surface area contributed by atoms with Gasteiger partial charge in [0.15, 0.2) is 0 Å². The molecule has 0 aliphatic rings. The van der Waals surface area contributed by atoms with Crippen LogP contribution in [0.2, 0.25) is 0 Å². The lowest BCUT2D eigenvalue weighted by Gasteiger charge is -2.03. The molecule has 0 unspecified atom stereocenters. The number of aliphatic carboxylic acids is 2. The normalized spacial score (nSPS) is 11.5. The molecular weight excluding hydrogens is 244 g/mol. The SMILES string of the molecule is CCCCCCCCCC/C(=C/CC(=O)O)C(=O)O. The maximum Gasteiger partial charge on any atom is 0.331 e. The van der Waals surface area contributed by atoms with E-state index in [0.29, 0.717) is 6.42 Å². The Hall–Kier alpha value is -1.32. The molecule has 0 radical (unpaired) electrons. The van der Waals surface area contributed by atoms with Crippen molar-refractivity contribution in [2.24, 2.45) is 0 Å². The summed E-state index contributed by atoms with van der Waals surface area (Å²) in [6.45, 7) is 2.19. The van der Waals surface area contributed by atoms with Crippen LogP contribution in [0.5, 0.6) is 0 Å². The van der Waals surface area contributed by atoms with E-state index in [1.807, 2.05) is 0 Å². The number of carboxylic acid groups (broad SMARTS) is 2. The van der Waals surface area contributed by atoms with Gasteiger partial charge in [-0.2, -0.15) is 0 Å². The minimum atomic E-state index is -0.996. The van der Waals surface area contributed by atoms with Gasteiger partial charge in [0.2, 0.25) is 0 Å². The summed E-state index contributed by atoms with van der Waals surface area (Å²) in [7, 11) is 0. The molecular formula is C15H26O4. The molecule has 0 atom stereocenters. The average molecular weight is 270 g/mol. The largest absolute Gasteiger partial charge is 0.481 e. The molecule has 0 heterocycles. The number of carbonyl (C=O) groups is 2. The molecule has 0 spiro atoms. The van der Waals surface area contributed by atoms with Gasteiger partial charge in [-0.15, -0.1) is 0 Å². The fourth-order valence-electron chi connectivity index (χ4n) is 1.96. The summed E-state index contributed by atoms with van der Waals surface area (Å²) in [6.07, 6.45) is 10.8. The molecule has 0 fully saturated rings. The van der Waals surface area contributed by atoms with Gasteiger partial charge in [0, 0.05) is 5.57 Å². The predicted octanol–water partition coefficient (Wildman–Crippen LogP) is 4.00. The first kappa shape index (κ1) is 17.7. The van der Waals surface area contributed by atoms with E-state index in [9.17, 15) is 9.59 Å². The minimum Gasteiger partial charge on any atom is -0.481 e. The fourth-order valence-corrected chi connectivity index (χ4v) is 1.96. The van der Waals surface area contributed by atoms with Crippen LogP contribution in [-0.2, 0) is 9.59 Å². The van der Waals surface area contributed by atoms with Crippen molar-refractivity contribution in [1.29, 1.82) is 0 Å². The third-order valence-corrected chi connectivity index (χ3v) is 3.10. The smallest absolute Gasteiger partial charge is 0.331 e. The van der Waals surface area contributed by atoms with Crippen LogP contribution in [0.3, 0.4) is 0 Å². The Morgan fingerprint density at radius 1 is 0.895 bits per heavy atom. The molecule has 0 rings (SSSR count). The topological polar surface area (TPSA) is 74.6 Å². The second-order valence-corrected chi connectivity index (χ2v) is 4.86. The number of unbranched alkanes of at least 4 members (excludes halogenated alkanes) is 7. The van der Waals surface area contributed by atoms with E-state index in [0.717, 1.165) is 19.3 Å². The summed E-state index contributed by atoms with van der Waals surface area (Å²) >= 11 is 0. The van der Waals surface area contributed by atoms with E-state index in [4.69, 9.17) is 10.2 Å². The van der Waals surface area contributed by atoms with E-state index < -0.39 is 11.9 Å². The van der Waals surface area contributed by atoms with E-state index in [2.05, 4.69) is 6.92 Å². The van der Waals surface area contributed by atoms with Gasteiger partial charge in [-0.1, -0.05) is 57.9 Å². The van der Waals surface area contributed by atoms with E-state index in [-0.39, 0.29) is 12.0 Å². The molecule has 0 amide bonds. The number of carboxylic acids is 2. The first-order valence-corrected chi connectivity index (χ1v) is 7.22. The molecule has 0 saturated carbocycles. The van der Waals surface area contributed by atoms with Crippen molar-refractivity contribution in [2.45, 2.75) is 71.1 Å². The Labute approximate surface area is 115 Å². The number of rotatable bonds is 12. The molecule has 0 aliphatic heterocycles. The first-order chi connectivity index (χ1) is 9.07. The van der Waals surface area contributed by atoms with Crippen LogP contribution in [-0.4, -0.2) is 22.2 Å². The third-order valence-electron chi connectivity index (χ3n) is 3.10. The van der Waals surface area contributed by atoms with Gasteiger partial charge in [0.25, 0.3) is 0 Å². The van der Waals surface area contributed by atoms with Gasteiger partial charge >= 0.3 is 11.9 Å². The van der Waals surface area contributed by atoms with Gasteiger partial charge in [-0.05, 0) is 12.8 Å².